The van der Waals surface area contributed by atoms with E-state index in [2.05, 4.69) is 19.3 Å². The number of nitrogens with two attached hydrogens (primary N) is 1. The monoisotopic (exact) mass is 238 g/mol. The van der Waals surface area contributed by atoms with Crippen molar-refractivity contribution >= 4 is 29.1 Å². The van der Waals surface area contributed by atoms with Crippen LogP contribution in [0.25, 0.3) is 0 Å². The Morgan fingerprint density at radius 2 is 2.33 bits per heavy atom. The first kappa shape index (κ1) is 9.99. The van der Waals surface area contributed by atoms with Crippen molar-refractivity contribution in [2.75, 3.05) is 0 Å². The Balaban J connectivity index is 2.22. The highest BCUT2D eigenvalue weighted by Crippen LogP contribution is 2.24. The average molecular weight is 238 g/mol. The minimum absolute atomic E-state index is 0.0727. The predicted molar refractivity (Wildman–Crippen MR) is 57.1 cm³/mol. The van der Waals surface area contributed by atoms with Gasteiger partial charge < -0.3 is 5.73 Å². The lowest BCUT2D eigenvalue weighted by Crippen LogP contribution is -2.13. The molecule has 0 aromatic carbocycles. The summed E-state index contributed by atoms with van der Waals surface area (Å²) in [6.45, 7) is 0. The molecule has 2 heterocycles. The second-order valence-electron chi connectivity index (χ2n) is 2.45. The molecule has 0 amide bonds. The lowest BCUT2D eigenvalue weighted by molar-refractivity contribution is 0.952. The molecule has 0 saturated carbocycles. The highest BCUT2D eigenvalue weighted by Gasteiger charge is 2.05. The number of nitrogens with one attached hydrogen (secondary N) is 1. The van der Waals surface area contributed by atoms with E-state index in [1.165, 1.54) is 29.6 Å². The molecule has 8 heteroatoms. The second kappa shape index (κ2) is 4.32. The van der Waals surface area contributed by atoms with Gasteiger partial charge in [0.1, 0.15) is 17.9 Å². The van der Waals surface area contributed by atoms with Crippen LogP contribution in [0.2, 0.25) is 0 Å². The maximum atomic E-state index is 7.23. The van der Waals surface area contributed by atoms with Crippen LogP contribution in [0, 0.1) is 5.41 Å². The Labute approximate surface area is 93.7 Å². The number of rotatable bonds is 3. The number of aromatic nitrogens is 4. The van der Waals surface area contributed by atoms with E-state index in [9.17, 15) is 0 Å². The molecule has 0 aliphatic carbocycles. The van der Waals surface area contributed by atoms with Crippen molar-refractivity contribution in [3.05, 3.63) is 24.3 Å². The van der Waals surface area contributed by atoms with Crippen molar-refractivity contribution in [3.8, 4) is 0 Å². The minimum atomic E-state index is -0.0727. The molecule has 0 radical (unpaired) electrons. The van der Waals surface area contributed by atoms with Crippen LogP contribution in [-0.2, 0) is 0 Å². The molecule has 15 heavy (non-hydrogen) atoms. The predicted octanol–water partition coefficient (Wildman–Crippen LogP) is 0.763. The molecule has 0 unspecified atom stereocenters. The SMILES string of the molecule is N=C(N)c1ccnc(Sc2ncns2)n1. The van der Waals surface area contributed by atoms with E-state index in [0.29, 0.717) is 10.9 Å². The van der Waals surface area contributed by atoms with E-state index in [1.54, 1.807) is 12.3 Å². The van der Waals surface area contributed by atoms with Gasteiger partial charge in [0, 0.05) is 6.20 Å². The Bertz CT molecular complexity index is 468. The topological polar surface area (TPSA) is 101 Å². The van der Waals surface area contributed by atoms with Crippen LogP contribution in [-0.4, -0.2) is 25.2 Å². The molecule has 2 aromatic heterocycles. The fourth-order valence-corrected chi connectivity index (χ4v) is 2.12. The first-order chi connectivity index (χ1) is 7.25. The van der Waals surface area contributed by atoms with E-state index >= 15 is 0 Å². The van der Waals surface area contributed by atoms with Gasteiger partial charge in [-0.05, 0) is 29.4 Å². The zero-order valence-corrected chi connectivity index (χ0v) is 9.05. The molecule has 6 nitrogen and oxygen atoms in total. The Hall–Kier alpha value is -1.54. The molecule has 76 valence electrons. The summed E-state index contributed by atoms with van der Waals surface area (Å²) in [4.78, 5) is 12.1. The summed E-state index contributed by atoms with van der Waals surface area (Å²) in [6, 6.07) is 1.59. The molecule has 0 fully saturated rings. The van der Waals surface area contributed by atoms with Gasteiger partial charge in [0.2, 0.25) is 0 Å². The van der Waals surface area contributed by atoms with Crippen molar-refractivity contribution in [1.82, 2.24) is 19.3 Å². The number of amidine groups is 1. The van der Waals surface area contributed by atoms with Gasteiger partial charge in [0.05, 0.1) is 0 Å². The number of hydrogen-bond acceptors (Lipinski definition) is 7. The third kappa shape index (κ3) is 2.48. The largest absolute Gasteiger partial charge is 0.382 e. The summed E-state index contributed by atoms with van der Waals surface area (Å²) in [5.41, 5.74) is 5.73. The van der Waals surface area contributed by atoms with Gasteiger partial charge in [0.25, 0.3) is 0 Å². The average Bonchev–Trinajstić information content (AvgIpc) is 2.71. The molecule has 3 N–H and O–H groups in total. The van der Waals surface area contributed by atoms with Crippen molar-refractivity contribution in [3.63, 3.8) is 0 Å². The normalized spacial score (nSPS) is 10.1. The summed E-state index contributed by atoms with van der Waals surface area (Å²) in [5.74, 6) is -0.0727. The lowest BCUT2D eigenvalue weighted by Gasteiger charge is -1.98. The van der Waals surface area contributed by atoms with Crippen molar-refractivity contribution in [2.45, 2.75) is 9.50 Å². The van der Waals surface area contributed by atoms with Crippen LogP contribution in [0.1, 0.15) is 5.69 Å². The van der Waals surface area contributed by atoms with Gasteiger partial charge in [0.15, 0.2) is 9.50 Å². The molecule has 0 saturated heterocycles. The Morgan fingerprint density at radius 1 is 1.47 bits per heavy atom. The van der Waals surface area contributed by atoms with E-state index < -0.39 is 0 Å². The van der Waals surface area contributed by atoms with Gasteiger partial charge in [-0.2, -0.15) is 4.37 Å². The van der Waals surface area contributed by atoms with Gasteiger partial charge >= 0.3 is 0 Å². The first-order valence-corrected chi connectivity index (χ1v) is 5.46. The molecule has 0 aliphatic heterocycles. The zero-order valence-electron chi connectivity index (χ0n) is 7.41. The second-order valence-corrected chi connectivity index (χ2v) is 4.44. The van der Waals surface area contributed by atoms with Crippen LogP contribution in [0.3, 0.4) is 0 Å². The molecular formula is C7H6N6S2. The van der Waals surface area contributed by atoms with Gasteiger partial charge in [-0.15, -0.1) is 0 Å². The molecule has 2 rings (SSSR count). The number of nitrogen functional groups attached to an aromatic ring is 1. The first-order valence-electron chi connectivity index (χ1n) is 3.87. The lowest BCUT2D eigenvalue weighted by atomic mass is 10.4. The smallest absolute Gasteiger partial charge is 0.195 e. The van der Waals surface area contributed by atoms with Crippen LogP contribution >= 0.6 is 23.3 Å². The van der Waals surface area contributed by atoms with Gasteiger partial charge in [-0.1, -0.05) is 0 Å². The quantitative estimate of drug-likeness (QED) is 0.465. The standard InChI is InChI=1S/C7H6N6S2/c8-5(9)4-1-2-10-6(13-4)14-7-11-3-12-15-7/h1-3H,(H3,8,9). The number of nitrogens with zero attached hydrogens (tertiary/aromatic N) is 4. The summed E-state index contributed by atoms with van der Waals surface area (Å²) in [5, 5.41) is 7.75. The van der Waals surface area contributed by atoms with Crippen LogP contribution in [0.4, 0.5) is 0 Å². The maximum Gasteiger partial charge on any atom is 0.195 e. The Kier molecular flexibility index (Phi) is 2.88. The molecule has 2 aromatic rings. The van der Waals surface area contributed by atoms with Crippen LogP contribution < -0.4 is 5.73 Å². The number of hydrogen-bond donors (Lipinski definition) is 2. The van der Waals surface area contributed by atoms with Crippen LogP contribution in [0.15, 0.2) is 28.1 Å². The summed E-state index contributed by atoms with van der Waals surface area (Å²) in [7, 11) is 0. The van der Waals surface area contributed by atoms with Gasteiger partial charge in [-0.3, -0.25) is 5.41 Å². The molecular weight excluding hydrogens is 232 g/mol. The molecule has 0 aliphatic rings. The molecule has 0 bridgehead atoms. The Morgan fingerprint density at radius 3 is 3.00 bits per heavy atom. The van der Waals surface area contributed by atoms with Crippen LogP contribution in [0.5, 0.6) is 0 Å². The van der Waals surface area contributed by atoms with Crippen molar-refractivity contribution in [1.29, 1.82) is 5.41 Å². The highest BCUT2D eigenvalue weighted by atomic mass is 32.2. The van der Waals surface area contributed by atoms with Crippen molar-refractivity contribution in [2.24, 2.45) is 5.73 Å². The van der Waals surface area contributed by atoms with E-state index in [-0.39, 0.29) is 5.84 Å². The van der Waals surface area contributed by atoms with Crippen molar-refractivity contribution < 1.29 is 0 Å². The summed E-state index contributed by atoms with van der Waals surface area (Å²) in [6.07, 6.45) is 3.04. The van der Waals surface area contributed by atoms with E-state index in [0.717, 1.165) is 4.34 Å². The molecule has 0 atom stereocenters. The molecule has 0 spiro atoms. The maximum absolute atomic E-state index is 7.23. The minimum Gasteiger partial charge on any atom is -0.382 e. The fourth-order valence-electron chi connectivity index (χ4n) is 0.826. The summed E-state index contributed by atoms with van der Waals surface area (Å²) >= 11 is 2.57. The highest BCUT2D eigenvalue weighted by molar-refractivity contribution is 8.00. The van der Waals surface area contributed by atoms with Gasteiger partial charge in [-0.25, -0.2) is 15.0 Å². The zero-order chi connectivity index (χ0) is 10.7. The third-order valence-corrected chi connectivity index (χ3v) is 3.02. The van der Waals surface area contributed by atoms with E-state index in [4.69, 9.17) is 11.1 Å². The third-order valence-electron chi connectivity index (χ3n) is 1.43. The fraction of sp³-hybridized carbons (Fsp3) is 0. The van der Waals surface area contributed by atoms with E-state index in [1.807, 2.05) is 0 Å². The summed E-state index contributed by atoms with van der Waals surface area (Å²) < 4.78 is 4.62.